The Morgan fingerprint density at radius 2 is 0.871 bits per heavy atom. The van der Waals surface area contributed by atoms with Crippen LogP contribution in [0.25, 0.3) is 115 Å². The van der Waals surface area contributed by atoms with E-state index in [0.717, 1.165) is 45.2 Å². The molecule has 0 N–H and O–H groups in total. The largest absolute Gasteiger partial charge is 0.455 e. The summed E-state index contributed by atoms with van der Waals surface area (Å²) in [5, 5.41) is 9.83. The van der Waals surface area contributed by atoms with Gasteiger partial charge in [0, 0.05) is 32.8 Å². The second-order valence-electron chi connectivity index (χ2n) is 17.0. The van der Waals surface area contributed by atoms with Crippen molar-refractivity contribution in [1.82, 2.24) is 4.57 Å². The summed E-state index contributed by atoms with van der Waals surface area (Å²) in [4.78, 5) is 0. The molecule has 1 aliphatic rings. The lowest BCUT2D eigenvalue weighted by Gasteiger charge is -2.19. The van der Waals surface area contributed by atoms with E-state index in [-0.39, 0.29) is 0 Å². The maximum Gasteiger partial charge on any atom is 0.143 e. The summed E-state index contributed by atoms with van der Waals surface area (Å²) in [6, 6.07) is 73.8. The predicted molar refractivity (Wildman–Crippen MR) is 261 cm³/mol. The number of hydrogen-bond acceptors (Lipinski definition) is 1. The lowest BCUT2D eigenvalue weighted by molar-refractivity contribution is 0.670. The topological polar surface area (TPSA) is 18.1 Å². The predicted octanol–water partition coefficient (Wildman–Crippen LogP) is 16.5. The zero-order valence-electron chi connectivity index (χ0n) is 34.2. The minimum Gasteiger partial charge on any atom is -0.455 e. The third-order valence-electron chi connectivity index (χ3n) is 13.6. The fraction of sp³-hybridized carbons (Fsp3) is 0.0667. The van der Waals surface area contributed by atoms with Crippen LogP contribution in [-0.4, -0.2) is 4.57 Å². The van der Waals surface area contributed by atoms with Crippen LogP contribution in [-0.2, 0) is 12.8 Å². The van der Waals surface area contributed by atoms with Gasteiger partial charge in [-0.05, 0) is 140 Å². The van der Waals surface area contributed by atoms with Crippen LogP contribution < -0.4 is 0 Å². The standard InChI is InChI=1S/C60H41NO/c1-2-15-39(16-3-1)58-48-20-6-8-22-50(48)59(51-23-9-7-21-49(51)58)40-28-32-43(33-29-40)61-55-34-30-41(45-24-12-17-38-14-4-5-18-44(38)45)36-53(55)54-37-42(31-35-56(54)61)46-25-13-26-52-47-19-10-11-27-57(47)62-60(46)52/h1-3,6-13,15-17,19-37H,4-5,14,18H2. The molecule has 12 aromatic rings. The van der Waals surface area contributed by atoms with Gasteiger partial charge < -0.3 is 8.98 Å². The number of hydrogen-bond donors (Lipinski definition) is 0. The Morgan fingerprint density at radius 3 is 1.55 bits per heavy atom. The van der Waals surface area contributed by atoms with Gasteiger partial charge in [-0.3, -0.25) is 0 Å². The van der Waals surface area contributed by atoms with Crippen molar-refractivity contribution >= 4 is 65.3 Å². The third-order valence-corrected chi connectivity index (χ3v) is 13.6. The van der Waals surface area contributed by atoms with E-state index >= 15 is 0 Å². The van der Waals surface area contributed by atoms with E-state index < -0.39 is 0 Å². The monoisotopic (exact) mass is 791 g/mol. The van der Waals surface area contributed by atoms with Crippen LogP contribution in [0.5, 0.6) is 0 Å². The molecular formula is C60H41NO. The maximum absolute atomic E-state index is 6.57. The van der Waals surface area contributed by atoms with Gasteiger partial charge in [-0.2, -0.15) is 0 Å². The second-order valence-corrected chi connectivity index (χ2v) is 17.0. The first-order chi connectivity index (χ1) is 30.8. The van der Waals surface area contributed by atoms with Crippen molar-refractivity contribution in [2.24, 2.45) is 0 Å². The molecule has 0 saturated heterocycles. The molecule has 0 aliphatic heterocycles. The summed E-state index contributed by atoms with van der Waals surface area (Å²) in [7, 11) is 0. The van der Waals surface area contributed by atoms with Crippen LogP contribution in [0.4, 0.5) is 0 Å². The minimum atomic E-state index is 0.917. The number of rotatable bonds is 5. The molecule has 13 rings (SSSR count). The van der Waals surface area contributed by atoms with E-state index in [1.807, 2.05) is 6.07 Å². The first-order valence-corrected chi connectivity index (χ1v) is 22.0. The summed E-state index contributed by atoms with van der Waals surface area (Å²) in [5.74, 6) is 0. The summed E-state index contributed by atoms with van der Waals surface area (Å²) in [6.07, 6.45) is 4.83. The summed E-state index contributed by atoms with van der Waals surface area (Å²) < 4.78 is 9.02. The molecule has 0 unspecified atom stereocenters. The first-order valence-electron chi connectivity index (χ1n) is 22.0. The molecule has 0 spiro atoms. The zero-order chi connectivity index (χ0) is 40.7. The average molecular weight is 792 g/mol. The average Bonchev–Trinajstić information content (AvgIpc) is 3.89. The fourth-order valence-electron chi connectivity index (χ4n) is 10.8. The van der Waals surface area contributed by atoms with Crippen molar-refractivity contribution in [3.05, 3.63) is 211 Å². The molecule has 0 radical (unpaired) electrons. The molecule has 62 heavy (non-hydrogen) atoms. The molecule has 2 aromatic heterocycles. The van der Waals surface area contributed by atoms with Crippen molar-refractivity contribution < 1.29 is 4.42 Å². The van der Waals surface area contributed by atoms with Gasteiger partial charge >= 0.3 is 0 Å². The minimum absolute atomic E-state index is 0.917. The van der Waals surface area contributed by atoms with Gasteiger partial charge in [-0.1, -0.05) is 158 Å². The molecular weight excluding hydrogens is 751 g/mol. The van der Waals surface area contributed by atoms with Crippen LogP contribution in [0, 0.1) is 0 Å². The van der Waals surface area contributed by atoms with E-state index in [1.165, 1.54) is 107 Å². The second kappa shape index (κ2) is 13.9. The van der Waals surface area contributed by atoms with E-state index in [9.17, 15) is 0 Å². The molecule has 1 aliphatic carbocycles. The quantitative estimate of drug-likeness (QED) is 0.159. The van der Waals surface area contributed by atoms with Gasteiger partial charge in [0.25, 0.3) is 0 Å². The van der Waals surface area contributed by atoms with Crippen molar-refractivity contribution in [3.63, 3.8) is 0 Å². The van der Waals surface area contributed by atoms with E-state index in [0.29, 0.717) is 0 Å². The smallest absolute Gasteiger partial charge is 0.143 e. The van der Waals surface area contributed by atoms with Crippen LogP contribution in [0.15, 0.2) is 205 Å². The van der Waals surface area contributed by atoms with Crippen molar-refractivity contribution in [2.45, 2.75) is 25.7 Å². The molecule has 0 saturated carbocycles. The Bertz CT molecular complexity index is 3680. The van der Waals surface area contributed by atoms with Crippen LogP contribution in [0.3, 0.4) is 0 Å². The third kappa shape index (κ3) is 5.36. The van der Waals surface area contributed by atoms with Crippen LogP contribution >= 0.6 is 0 Å². The van der Waals surface area contributed by atoms with Gasteiger partial charge in [0.15, 0.2) is 0 Å². The normalized spacial score (nSPS) is 12.9. The molecule has 0 amide bonds. The number of benzene rings is 10. The van der Waals surface area contributed by atoms with Crippen LogP contribution in [0.1, 0.15) is 24.0 Å². The number of para-hydroxylation sites is 2. The highest BCUT2D eigenvalue weighted by molar-refractivity contribution is 6.21. The number of nitrogens with zero attached hydrogens (tertiary/aromatic N) is 1. The fourth-order valence-corrected chi connectivity index (χ4v) is 10.8. The Hall–Kier alpha value is -7.68. The van der Waals surface area contributed by atoms with Gasteiger partial charge in [-0.15, -0.1) is 0 Å². The number of furan rings is 1. The lowest BCUT2D eigenvalue weighted by atomic mass is 9.85. The maximum atomic E-state index is 6.57. The summed E-state index contributed by atoms with van der Waals surface area (Å²) >= 11 is 0. The molecule has 10 aromatic carbocycles. The Balaban J connectivity index is 1.01. The molecule has 2 heterocycles. The number of fused-ring (bicyclic) bond motifs is 9. The molecule has 0 fully saturated rings. The highest BCUT2D eigenvalue weighted by Gasteiger charge is 2.21. The lowest BCUT2D eigenvalue weighted by Crippen LogP contribution is -2.04. The SMILES string of the molecule is c1ccc(-c2c3ccccc3c(-c3ccc(-n4c5ccc(-c6cccc7c6CCCC7)cc5c5cc(-c6cccc7c6oc6ccccc67)ccc54)cc3)c3ccccc23)cc1. The van der Waals surface area contributed by atoms with Gasteiger partial charge in [-0.25, -0.2) is 0 Å². The van der Waals surface area contributed by atoms with Crippen molar-refractivity contribution in [1.29, 1.82) is 0 Å². The summed E-state index contributed by atoms with van der Waals surface area (Å²) in [6.45, 7) is 0. The van der Waals surface area contributed by atoms with E-state index in [2.05, 4.69) is 199 Å². The van der Waals surface area contributed by atoms with Crippen molar-refractivity contribution in [3.8, 4) is 50.2 Å². The van der Waals surface area contributed by atoms with Gasteiger partial charge in [0.05, 0.1) is 11.0 Å². The van der Waals surface area contributed by atoms with Gasteiger partial charge in [0.2, 0.25) is 0 Å². The molecule has 2 nitrogen and oxygen atoms in total. The first kappa shape index (κ1) is 35.1. The zero-order valence-corrected chi connectivity index (χ0v) is 34.2. The molecule has 0 atom stereocenters. The van der Waals surface area contributed by atoms with Gasteiger partial charge in [0.1, 0.15) is 11.2 Å². The Labute approximate surface area is 359 Å². The van der Waals surface area contributed by atoms with E-state index in [1.54, 1.807) is 0 Å². The Morgan fingerprint density at radius 1 is 0.355 bits per heavy atom. The molecule has 0 bridgehead atoms. The highest BCUT2D eigenvalue weighted by atomic mass is 16.3. The number of aryl methyl sites for hydroxylation is 1. The Kier molecular flexibility index (Phi) is 7.90. The number of aromatic nitrogens is 1. The summed E-state index contributed by atoms with van der Waals surface area (Å²) in [5.41, 5.74) is 18.3. The van der Waals surface area contributed by atoms with Crippen LogP contribution in [0.2, 0.25) is 0 Å². The van der Waals surface area contributed by atoms with Crippen molar-refractivity contribution in [2.75, 3.05) is 0 Å². The van der Waals surface area contributed by atoms with E-state index in [4.69, 9.17) is 4.42 Å². The highest BCUT2D eigenvalue weighted by Crippen LogP contribution is 2.45. The molecule has 292 valence electrons. The molecule has 2 heteroatoms.